The molecule has 2 fully saturated rings. The summed E-state index contributed by atoms with van der Waals surface area (Å²) in [7, 11) is 0. The highest BCUT2D eigenvalue weighted by molar-refractivity contribution is 5.99. The molecule has 2 aliphatic rings. The first kappa shape index (κ1) is 24.6. The molecule has 2 saturated heterocycles. The molecule has 5 rings (SSSR count). The Balaban J connectivity index is 1.33. The van der Waals surface area contributed by atoms with Gasteiger partial charge in [0.15, 0.2) is 5.75 Å². The molecule has 194 valence electrons. The first-order valence-corrected chi connectivity index (χ1v) is 12.6. The monoisotopic (exact) mass is 506 g/mol. The van der Waals surface area contributed by atoms with Crippen LogP contribution in [0.1, 0.15) is 60.5 Å². The lowest BCUT2D eigenvalue weighted by molar-refractivity contribution is -0.129. The molecule has 3 heterocycles. The van der Waals surface area contributed by atoms with Crippen LogP contribution in [0.2, 0.25) is 0 Å². The third kappa shape index (κ3) is 4.26. The number of hydrogen-bond donors (Lipinski definition) is 4. The van der Waals surface area contributed by atoms with Gasteiger partial charge in [-0.3, -0.25) is 19.2 Å². The molecule has 2 aliphatic heterocycles. The van der Waals surface area contributed by atoms with Gasteiger partial charge in [-0.1, -0.05) is 13.0 Å². The largest absolute Gasteiger partial charge is 0.505 e. The number of rotatable bonds is 7. The van der Waals surface area contributed by atoms with Crippen LogP contribution in [0.25, 0.3) is 0 Å². The number of nitrogens with one attached hydrogen (secondary N) is 3. The van der Waals surface area contributed by atoms with Gasteiger partial charge in [-0.15, -0.1) is 0 Å². The van der Waals surface area contributed by atoms with E-state index in [4.69, 9.17) is 4.42 Å². The van der Waals surface area contributed by atoms with Crippen LogP contribution < -0.4 is 26.8 Å². The van der Waals surface area contributed by atoms with Crippen molar-refractivity contribution >= 4 is 28.9 Å². The van der Waals surface area contributed by atoms with E-state index in [1.807, 2.05) is 26.0 Å². The number of piperidine rings is 1. The predicted molar refractivity (Wildman–Crippen MR) is 138 cm³/mol. The Morgan fingerprint density at radius 3 is 2.46 bits per heavy atom. The van der Waals surface area contributed by atoms with Crippen molar-refractivity contribution in [3.05, 3.63) is 67.9 Å². The minimum atomic E-state index is -0.708. The van der Waals surface area contributed by atoms with E-state index >= 15 is 0 Å². The highest BCUT2D eigenvalue weighted by atomic mass is 16.3. The van der Waals surface area contributed by atoms with Crippen LogP contribution in [0.4, 0.5) is 17.1 Å². The molecule has 0 bridgehead atoms. The van der Waals surface area contributed by atoms with Crippen molar-refractivity contribution in [2.75, 3.05) is 30.3 Å². The molecule has 0 radical (unpaired) electrons. The number of carbonyl (C=O) groups is 2. The zero-order valence-corrected chi connectivity index (χ0v) is 20.8. The number of carbonyl (C=O) groups excluding carboxylic acids is 2. The predicted octanol–water partition coefficient (Wildman–Crippen LogP) is 2.94. The highest BCUT2D eigenvalue weighted by Crippen LogP contribution is 2.39. The smallest absolute Gasteiger partial charge is 0.257 e. The van der Waals surface area contributed by atoms with Gasteiger partial charge in [-0.2, -0.15) is 0 Å². The molecule has 0 aliphatic carbocycles. The molecule has 3 aromatic rings. The van der Waals surface area contributed by atoms with Gasteiger partial charge in [-0.05, 0) is 56.9 Å². The second-order valence-electron chi connectivity index (χ2n) is 9.87. The van der Waals surface area contributed by atoms with E-state index in [0.717, 1.165) is 12.2 Å². The number of benzene rings is 1. The van der Waals surface area contributed by atoms with Crippen molar-refractivity contribution in [1.29, 1.82) is 0 Å². The summed E-state index contributed by atoms with van der Waals surface area (Å²) in [6, 6.07) is 7.98. The summed E-state index contributed by atoms with van der Waals surface area (Å²) in [4.78, 5) is 51.9. The van der Waals surface area contributed by atoms with Gasteiger partial charge in [0.05, 0.1) is 22.7 Å². The van der Waals surface area contributed by atoms with Crippen molar-refractivity contribution in [3.63, 3.8) is 0 Å². The van der Waals surface area contributed by atoms with Crippen LogP contribution in [-0.4, -0.2) is 41.5 Å². The van der Waals surface area contributed by atoms with E-state index in [-0.39, 0.29) is 46.2 Å². The van der Waals surface area contributed by atoms with Gasteiger partial charge in [0.25, 0.3) is 16.8 Å². The first-order valence-electron chi connectivity index (χ1n) is 12.6. The van der Waals surface area contributed by atoms with Gasteiger partial charge in [0.1, 0.15) is 22.9 Å². The van der Waals surface area contributed by atoms with Crippen molar-refractivity contribution in [2.24, 2.45) is 5.41 Å². The molecular weight excluding hydrogens is 476 g/mol. The van der Waals surface area contributed by atoms with Crippen LogP contribution >= 0.6 is 0 Å². The van der Waals surface area contributed by atoms with Crippen LogP contribution in [0.5, 0.6) is 5.75 Å². The maximum Gasteiger partial charge on any atom is 0.257 e. The Hall–Kier alpha value is -4.08. The fourth-order valence-electron chi connectivity index (χ4n) is 5.29. The Bertz CT molecular complexity index is 1430. The molecule has 37 heavy (non-hydrogen) atoms. The lowest BCUT2D eigenvalue weighted by Crippen LogP contribution is -2.46. The average Bonchev–Trinajstić information content (AvgIpc) is 3.49. The minimum absolute atomic E-state index is 0.0267. The minimum Gasteiger partial charge on any atom is -0.505 e. The summed E-state index contributed by atoms with van der Waals surface area (Å²) in [6.45, 7) is 5.25. The molecule has 1 atom stereocenters. The van der Waals surface area contributed by atoms with E-state index in [1.165, 1.54) is 12.1 Å². The normalized spacial score (nSPS) is 17.7. The number of phenols is 1. The first-order chi connectivity index (χ1) is 17.7. The van der Waals surface area contributed by atoms with Crippen molar-refractivity contribution in [3.8, 4) is 5.75 Å². The third-order valence-corrected chi connectivity index (χ3v) is 7.65. The maximum absolute atomic E-state index is 13.2. The van der Waals surface area contributed by atoms with Gasteiger partial charge in [0, 0.05) is 19.6 Å². The number of anilines is 3. The number of para-hydroxylation sites is 1. The summed E-state index contributed by atoms with van der Waals surface area (Å²) in [5.74, 6) is 0.780. The Labute approximate surface area is 213 Å². The number of nitrogens with zero attached hydrogens (tertiary/aromatic N) is 1. The van der Waals surface area contributed by atoms with Gasteiger partial charge in [-0.25, -0.2) is 0 Å². The van der Waals surface area contributed by atoms with E-state index in [2.05, 4.69) is 16.0 Å². The highest BCUT2D eigenvalue weighted by Gasteiger charge is 2.45. The average molecular weight is 507 g/mol. The topological polar surface area (TPSA) is 141 Å². The Morgan fingerprint density at radius 2 is 1.84 bits per heavy atom. The number of likely N-dealkylation sites (tertiary alicyclic amines) is 1. The SMILES string of the molecule is CC[C@@H](Nc1c(Nc2cccc(C(=O)N3CCC4(CCNC4=O)CC3)c2O)c(=O)c1=O)c1ccc(C)o1. The standard InChI is InChI=1S/C27H30N4O6/c1-3-17(19-8-7-15(2)37-19)29-20-21(24(34)23(20)33)30-18-6-4-5-16(22(18)32)25(35)31-13-10-27(11-14-31)9-12-28-26(27)36/h4-8,17,29-30,32H,3,9-14H2,1-2H3,(H,28,36)/t17-/m1/s1. The summed E-state index contributed by atoms with van der Waals surface area (Å²) in [5, 5.41) is 19.7. The maximum atomic E-state index is 13.2. The molecule has 0 unspecified atom stereocenters. The summed E-state index contributed by atoms with van der Waals surface area (Å²) in [5.41, 5.74) is -1.40. The molecule has 4 N–H and O–H groups in total. The molecule has 1 aromatic heterocycles. The number of aromatic hydroxyl groups is 1. The van der Waals surface area contributed by atoms with Gasteiger partial charge in [0.2, 0.25) is 5.91 Å². The summed E-state index contributed by atoms with van der Waals surface area (Å²) >= 11 is 0. The molecule has 2 aromatic carbocycles. The zero-order valence-electron chi connectivity index (χ0n) is 20.8. The third-order valence-electron chi connectivity index (χ3n) is 7.65. The van der Waals surface area contributed by atoms with Crippen LogP contribution in [0.15, 0.2) is 44.3 Å². The van der Waals surface area contributed by atoms with Crippen LogP contribution in [0.3, 0.4) is 0 Å². The molecule has 2 amide bonds. The Kier molecular flexibility index (Phi) is 6.26. The van der Waals surface area contributed by atoms with Crippen molar-refractivity contribution in [2.45, 2.75) is 45.6 Å². The van der Waals surface area contributed by atoms with Crippen molar-refractivity contribution in [1.82, 2.24) is 10.2 Å². The molecule has 1 spiro atoms. The second-order valence-corrected chi connectivity index (χ2v) is 9.87. The van der Waals surface area contributed by atoms with Crippen LogP contribution in [-0.2, 0) is 4.79 Å². The number of amides is 2. The summed E-state index contributed by atoms with van der Waals surface area (Å²) < 4.78 is 5.67. The van der Waals surface area contributed by atoms with Gasteiger partial charge < -0.3 is 30.4 Å². The second kappa shape index (κ2) is 9.42. The Morgan fingerprint density at radius 1 is 1.11 bits per heavy atom. The van der Waals surface area contributed by atoms with E-state index in [0.29, 0.717) is 44.7 Å². The van der Waals surface area contributed by atoms with E-state index in [1.54, 1.807) is 11.0 Å². The van der Waals surface area contributed by atoms with E-state index < -0.39 is 16.3 Å². The van der Waals surface area contributed by atoms with Crippen molar-refractivity contribution < 1.29 is 19.1 Å². The molecule has 0 saturated carbocycles. The number of furan rings is 1. The quantitative estimate of drug-likeness (QED) is 0.283. The number of aryl methyl sites for hydroxylation is 1. The van der Waals surface area contributed by atoms with Crippen LogP contribution in [0, 0.1) is 12.3 Å². The van der Waals surface area contributed by atoms with Gasteiger partial charge >= 0.3 is 0 Å². The van der Waals surface area contributed by atoms with E-state index in [9.17, 15) is 24.3 Å². The molecule has 10 nitrogen and oxygen atoms in total. The lowest BCUT2D eigenvalue weighted by Gasteiger charge is -2.37. The number of phenolic OH excluding ortho intramolecular Hbond substituents is 1. The zero-order chi connectivity index (χ0) is 26.3. The number of hydrogen-bond acceptors (Lipinski definition) is 8. The molecule has 10 heteroatoms. The lowest BCUT2D eigenvalue weighted by atomic mass is 9.77. The fraction of sp³-hybridized carbons (Fsp3) is 0.407. The molecular formula is C27H30N4O6. The summed E-state index contributed by atoms with van der Waals surface area (Å²) in [6.07, 6.45) is 2.54. The fourth-order valence-corrected chi connectivity index (χ4v) is 5.29.